The zero-order chi connectivity index (χ0) is 23.6. The largest absolute Gasteiger partial charge is 0.355 e. The zero-order valence-corrected chi connectivity index (χ0v) is 19.7. The first-order valence-electron chi connectivity index (χ1n) is 10.6. The molecule has 1 aromatic carbocycles. The number of benzene rings is 1. The summed E-state index contributed by atoms with van der Waals surface area (Å²) < 4.78 is 27.4. The molecule has 1 aliphatic heterocycles. The van der Waals surface area contributed by atoms with Crippen molar-refractivity contribution in [3.63, 3.8) is 0 Å². The van der Waals surface area contributed by atoms with Gasteiger partial charge in [0.05, 0.1) is 17.1 Å². The number of Topliss-reactive ketones (excluding diaryl/α,β-unsaturated/α-hetero) is 3. The van der Waals surface area contributed by atoms with Crippen molar-refractivity contribution in [2.24, 2.45) is 0 Å². The molecule has 1 N–H and O–H groups in total. The molecule has 0 saturated carbocycles. The van der Waals surface area contributed by atoms with E-state index in [2.05, 4.69) is 4.98 Å². The van der Waals surface area contributed by atoms with Gasteiger partial charge in [0.1, 0.15) is 0 Å². The number of nitrogens with zero attached hydrogens (tertiary/aromatic N) is 2. The van der Waals surface area contributed by atoms with Crippen LogP contribution in [0.1, 0.15) is 63.2 Å². The molecule has 0 unspecified atom stereocenters. The Bertz CT molecular complexity index is 1160. The third-order valence-corrected chi connectivity index (χ3v) is 7.75. The second-order valence-electron chi connectivity index (χ2n) is 8.08. The molecule has 0 bridgehead atoms. The lowest BCUT2D eigenvalue weighted by Gasteiger charge is -2.33. The number of H-pyrrole nitrogens is 1. The summed E-state index contributed by atoms with van der Waals surface area (Å²) in [6.07, 6.45) is 0.575. The van der Waals surface area contributed by atoms with E-state index in [1.165, 1.54) is 30.3 Å². The number of rotatable bonds is 8. The Morgan fingerprint density at radius 3 is 2.25 bits per heavy atom. The topological polar surface area (TPSA) is 108 Å². The maximum Gasteiger partial charge on any atom is 0.243 e. The number of carbonyl (C=O) groups is 3. The summed E-state index contributed by atoms with van der Waals surface area (Å²) in [5.74, 6) is -0.366. The van der Waals surface area contributed by atoms with Crippen molar-refractivity contribution in [1.29, 1.82) is 0 Å². The summed E-state index contributed by atoms with van der Waals surface area (Å²) in [5, 5.41) is 0. The lowest BCUT2D eigenvalue weighted by molar-refractivity contribution is 0.0896. The minimum Gasteiger partial charge on any atom is -0.355 e. The number of aryl methyl sites for hydroxylation is 1. The van der Waals surface area contributed by atoms with Crippen molar-refractivity contribution >= 4 is 27.4 Å². The number of piperazine rings is 1. The van der Waals surface area contributed by atoms with Gasteiger partial charge in [0.25, 0.3) is 0 Å². The van der Waals surface area contributed by atoms with Gasteiger partial charge in [-0.15, -0.1) is 0 Å². The van der Waals surface area contributed by atoms with Crippen LogP contribution in [-0.4, -0.2) is 72.7 Å². The lowest BCUT2D eigenvalue weighted by Crippen LogP contribution is -2.49. The Balaban J connectivity index is 1.68. The van der Waals surface area contributed by atoms with Gasteiger partial charge in [-0.25, -0.2) is 8.42 Å². The summed E-state index contributed by atoms with van der Waals surface area (Å²) in [5.41, 5.74) is 2.84. The molecule has 0 spiro atoms. The molecule has 2 aromatic rings. The Labute approximate surface area is 188 Å². The maximum absolute atomic E-state index is 13.0. The molecule has 1 aliphatic rings. The van der Waals surface area contributed by atoms with Gasteiger partial charge in [-0.1, -0.05) is 19.1 Å². The van der Waals surface area contributed by atoms with Crippen LogP contribution in [0.4, 0.5) is 0 Å². The van der Waals surface area contributed by atoms with Gasteiger partial charge in [-0.05, 0) is 44.9 Å². The highest BCUT2D eigenvalue weighted by atomic mass is 32.2. The smallest absolute Gasteiger partial charge is 0.243 e. The fraction of sp³-hybridized carbons (Fsp3) is 0.435. The third kappa shape index (κ3) is 4.74. The van der Waals surface area contributed by atoms with E-state index in [0.29, 0.717) is 42.0 Å². The number of hydrogen-bond acceptors (Lipinski definition) is 6. The second kappa shape index (κ2) is 9.48. The van der Waals surface area contributed by atoms with Gasteiger partial charge in [-0.3, -0.25) is 19.3 Å². The van der Waals surface area contributed by atoms with Gasteiger partial charge in [0.15, 0.2) is 17.3 Å². The highest BCUT2D eigenvalue weighted by Gasteiger charge is 2.30. The van der Waals surface area contributed by atoms with Crippen LogP contribution in [0.15, 0.2) is 29.2 Å². The van der Waals surface area contributed by atoms with E-state index in [-0.39, 0.29) is 41.9 Å². The number of aromatic nitrogens is 1. The molecule has 1 saturated heterocycles. The molecule has 0 radical (unpaired) electrons. The summed E-state index contributed by atoms with van der Waals surface area (Å²) in [6.45, 7) is 8.08. The number of sulfonamides is 1. The summed E-state index contributed by atoms with van der Waals surface area (Å²) in [4.78, 5) is 41.6. The van der Waals surface area contributed by atoms with E-state index in [9.17, 15) is 22.8 Å². The first-order chi connectivity index (χ1) is 15.1. The fourth-order valence-corrected chi connectivity index (χ4v) is 5.65. The minimum absolute atomic E-state index is 0.0673. The molecule has 172 valence electrons. The maximum atomic E-state index is 13.0. The molecular formula is C23H29N3O5S. The molecule has 0 aliphatic carbocycles. The van der Waals surface area contributed by atoms with Gasteiger partial charge in [-0.2, -0.15) is 4.31 Å². The van der Waals surface area contributed by atoms with Gasteiger partial charge < -0.3 is 4.98 Å². The van der Waals surface area contributed by atoms with Crippen molar-refractivity contribution in [3.8, 4) is 0 Å². The molecule has 0 atom stereocenters. The molecular weight excluding hydrogens is 430 g/mol. The monoisotopic (exact) mass is 459 g/mol. The Morgan fingerprint density at radius 2 is 1.69 bits per heavy atom. The van der Waals surface area contributed by atoms with Crippen molar-refractivity contribution in [2.75, 3.05) is 32.7 Å². The number of aromatic amines is 1. The van der Waals surface area contributed by atoms with E-state index in [1.807, 2.05) is 11.8 Å². The van der Waals surface area contributed by atoms with Crippen LogP contribution in [0.25, 0.3) is 0 Å². The Morgan fingerprint density at radius 1 is 1.03 bits per heavy atom. The van der Waals surface area contributed by atoms with Crippen molar-refractivity contribution in [2.45, 2.75) is 39.0 Å². The number of carbonyl (C=O) groups excluding carboxylic acids is 3. The predicted octanol–water partition coefficient (Wildman–Crippen LogP) is 2.48. The van der Waals surface area contributed by atoms with E-state index in [4.69, 9.17) is 0 Å². The molecule has 3 rings (SSSR count). The first-order valence-corrected chi connectivity index (χ1v) is 12.1. The van der Waals surface area contributed by atoms with Gasteiger partial charge >= 0.3 is 0 Å². The fourth-order valence-electron chi connectivity index (χ4n) is 4.18. The highest BCUT2D eigenvalue weighted by Crippen LogP contribution is 2.22. The van der Waals surface area contributed by atoms with Crippen molar-refractivity contribution in [3.05, 3.63) is 52.3 Å². The summed E-state index contributed by atoms with van der Waals surface area (Å²) in [7, 11) is -3.72. The molecule has 0 amide bonds. The number of ketones is 3. The third-order valence-electron chi connectivity index (χ3n) is 5.85. The second-order valence-corrected chi connectivity index (χ2v) is 10.0. The number of nitrogens with one attached hydrogen (secondary N) is 1. The zero-order valence-electron chi connectivity index (χ0n) is 18.9. The summed E-state index contributed by atoms with van der Waals surface area (Å²) >= 11 is 0. The van der Waals surface area contributed by atoms with Crippen LogP contribution in [0.5, 0.6) is 0 Å². The van der Waals surface area contributed by atoms with Crippen LogP contribution < -0.4 is 0 Å². The molecule has 2 heterocycles. The van der Waals surface area contributed by atoms with Crippen LogP contribution >= 0.6 is 0 Å². The van der Waals surface area contributed by atoms with Crippen LogP contribution in [0, 0.1) is 6.92 Å². The average Bonchev–Trinajstić information content (AvgIpc) is 3.10. The molecule has 8 nitrogen and oxygen atoms in total. The van der Waals surface area contributed by atoms with E-state index in [1.54, 1.807) is 19.1 Å². The van der Waals surface area contributed by atoms with Gasteiger partial charge in [0, 0.05) is 43.0 Å². The lowest BCUT2D eigenvalue weighted by atomic mass is 10.0. The molecule has 1 aromatic heterocycles. The highest BCUT2D eigenvalue weighted by molar-refractivity contribution is 7.89. The quantitative estimate of drug-likeness (QED) is 0.608. The van der Waals surface area contributed by atoms with E-state index >= 15 is 0 Å². The molecule has 9 heteroatoms. The van der Waals surface area contributed by atoms with E-state index in [0.717, 1.165) is 5.56 Å². The van der Waals surface area contributed by atoms with E-state index < -0.39 is 10.0 Å². The standard InChI is InChI=1S/C23H29N3O5S/c1-5-20-22(17(4)28)15(2)24-23(20)21(29)14-25-9-11-26(12-10-25)32(30,31)19-8-6-7-18(13-19)16(3)27/h6-8,13,24H,5,9-12,14H2,1-4H3. The Kier molecular flexibility index (Phi) is 7.12. The normalized spacial score (nSPS) is 15.6. The first kappa shape index (κ1) is 24.0. The Hall–Kier alpha value is -2.62. The average molecular weight is 460 g/mol. The molecule has 32 heavy (non-hydrogen) atoms. The number of hydrogen-bond donors (Lipinski definition) is 1. The predicted molar refractivity (Wildman–Crippen MR) is 121 cm³/mol. The van der Waals surface area contributed by atoms with Gasteiger partial charge in [0.2, 0.25) is 10.0 Å². The van der Waals surface area contributed by atoms with Crippen molar-refractivity contribution < 1.29 is 22.8 Å². The van der Waals surface area contributed by atoms with Crippen molar-refractivity contribution in [1.82, 2.24) is 14.2 Å². The molecule has 1 fully saturated rings. The minimum atomic E-state index is -3.72. The van der Waals surface area contributed by atoms with Crippen LogP contribution in [0.3, 0.4) is 0 Å². The van der Waals surface area contributed by atoms with Crippen LogP contribution in [0.2, 0.25) is 0 Å². The summed E-state index contributed by atoms with van der Waals surface area (Å²) in [6, 6.07) is 6.05. The van der Waals surface area contributed by atoms with Crippen LogP contribution in [-0.2, 0) is 16.4 Å². The SMILES string of the molecule is CCc1c(C(=O)CN2CCN(S(=O)(=O)c3cccc(C(C)=O)c3)CC2)[nH]c(C)c1C(C)=O.